The van der Waals surface area contributed by atoms with E-state index < -0.39 is 23.7 Å². The normalized spacial score (nSPS) is 12.5. The molecule has 0 unspecified atom stereocenters. The molecule has 3 rings (SSSR count). The zero-order valence-electron chi connectivity index (χ0n) is 18.1. The quantitative estimate of drug-likeness (QED) is 0.365. The van der Waals surface area contributed by atoms with Crippen molar-refractivity contribution in [3.63, 3.8) is 0 Å². The highest BCUT2D eigenvalue weighted by Crippen LogP contribution is 2.31. The first-order valence-electron chi connectivity index (χ1n) is 9.90. The number of hydrogen-bond donors (Lipinski definition) is 2. The molecule has 1 atom stereocenters. The van der Waals surface area contributed by atoms with Gasteiger partial charge in [0.1, 0.15) is 39.7 Å². The van der Waals surface area contributed by atoms with E-state index in [2.05, 4.69) is 5.32 Å². The molecular weight excluding hydrogens is 402 g/mol. The summed E-state index contributed by atoms with van der Waals surface area (Å²) in [4.78, 5) is 37.3. The van der Waals surface area contributed by atoms with E-state index in [0.717, 1.165) is 5.56 Å². The largest absolute Gasteiger partial charge is 0.507 e. The van der Waals surface area contributed by atoms with Crippen LogP contribution in [0.25, 0.3) is 21.9 Å². The van der Waals surface area contributed by atoms with Crippen molar-refractivity contribution in [3.05, 3.63) is 46.1 Å². The second kappa shape index (κ2) is 8.29. The zero-order chi connectivity index (χ0) is 22.9. The molecule has 0 aliphatic carbocycles. The smallest absolute Gasteiger partial charge is 0.408 e. The maximum atomic E-state index is 12.8. The summed E-state index contributed by atoms with van der Waals surface area (Å²) < 4.78 is 16.3. The first-order valence-corrected chi connectivity index (χ1v) is 9.90. The highest BCUT2D eigenvalue weighted by molar-refractivity contribution is 5.95. The number of rotatable bonds is 4. The second-order valence-corrected chi connectivity index (χ2v) is 8.23. The molecule has 0 bridgehead atoms. The summed E-state index contributed by atoms with van der Waals surface area (Å²) in [7, 11) is 0. The Morgan fingerprint density at radius 1 is 1.23 bits per heavy atom. The molecule has 1 amide bonds. The molecule has 0 aliphatic rings. The van der Waals surface area contributed by atoms with E-state index in [1.54, 1.807) is 52.8 Å². The van der Waals surface area contributed by atoms with Gasteiger partial charge in [-0.3, -0.25) is 4.79 Å². The van der Waals surface area contributed by atoms with Crippen LogP contribution in [0, 0.1) is 6.92 Å². The number of aryl methyl sites for hydroxylation is 1. The standard InChI is InChI=1S/C23H25NO7/c1-6-15(24-22(28)31-23(3,4)5)21(27)29-13-10-16(25)18-17(11-13)30-20-12(2)8-7-9-14(20)19(18)26/h7-11,15,25H,6H2,1-5H3,(H,24,28)/t15-/m0/s1. The van der Waals surface area contributed by atoms with Crippen LogP contribution in [0.4, 0.5) is 4.79 Å². The van der Waals surface area contributed by atoms with Crippen molar-refractivity contribution in [2.45, 2.75) is 52.7 Å². The Hall–Kier alpha value is -3.55. The summed E-state index contributed by atoms with van der Waals surface area (Å²) in [6.07, 6.45) is -0.484. The van der Waals surface area contributed by atoms with Crippen molar-refractivity contribution in [1.82, 2.24) is 5.32 Å². The van der Waals surface area contributed by atoms with E-state index in [-0.39, 0.29) is 34.3 Å². The lowest BCUT2D eigenvalue weighted by molar-refractivity contribution is -0.136. The molecular formula is C23H25NO7. The van der Waals surface area contributed by atoms with Gasteiger partial charge in [0, 0.05) is 12.1 Å². The average Bonchev–Trinajstić information content (AvgIpc) is 2.65. The topological polar surface area (TPSA) is 115 Å². The summed E-state index contributed by atoms with van der Waals surface area (Å²) >= 11 is 0. The van der Waals surface area contributed by atoms with Gasteiger partial charge >= 0.3 is 12.1 Å². The first kappa shape index (κ1) is 22.1. The number of esters is 1. The number of phenolic OH excluding ortho intramolecular Hbond substituents is 1. The molecule has 164 valence electrons. The van der Waals surface area contributed by atoms with Gasteiger partial charge in [-0.05, 0) is 45.7 Å². The average molecular weight is 427 g/mol. The van der Waals surface area contributed by atoms with E-state index in [9.17, 15) is 19.5 Å². The third kappa shape index (κ3) is 4.79. The number of carbonyl (C=O) groups is 2. The fourth-order valence-electron chi connectivity index (χ4n) is 3.12. The van der Waals surface area contributed by atoms with Crippen LogP contribution in [0.1, 0.15) is 39.7 Å². The molecule has 8 heteroatoms. The van der Waals surface area contributed by atoms with Gasteiger partial charge < -0.3 is 24.3 Å². The highest BCUT2D eigenvalue weighted by atomic mass is 16.6. The van der Waals surface area contributed by atoms with Crippen LogP contribution in [-0.4, -0.2) is 28.8 Å². The number of amides is 1. The van der Waals surface area contributed by atoms with Gasteiger partial charge in [0.2, 0.25) is 5.43 Å². The van der Waals surface area contributed by atoms with E-state index in [1.165, 1.54) is 12.1 Å². The van der Waals surface area contributed by atoms with Crippen LogP contribution >= 0.6 is 0 Å². The molecule has 0 saturated heterocycles. The fourth-order valence-corrected chi connectivity index (χ4v) is 3.12. The van der Waals surface area contributed by atoms with Crippen LogP contribution in [0.15, 0.2) is 39.5 Å². The van der Waals surface area contributed by atoms with Crippen molar-refractivity contribution in [2.75, 3.05) is 0 Å². The summed E-state index contributed by atoms with van der Waals surface area (Å²) in [6.45, 7) is 8.64. The molecule has 0 aliphatic heterocycles. The third-order valence-electron chi connectivity index (χ3n) is 4.55. The molecule has 1 aromatic heterocycles. The van der Waals surface area contributed by atoms with E-state index in [1.807, 2.05) is 0 Å². The molecule has 0 fully saturated rings. The predicted molar refractivity (Wildman–Crippen MR) is 115 cm³/mol. The lowest BCUT2D eigenvalue weighted by Crippen LogP contribution is -2.44. The van der Waals surface area contributed by atoms with Crippen molar-refractivity contribution in [2.24, 2.45) is 0 Å². The van der Waals surface area contributed by atoms with Gasteiger partial charge in [0.25, 0.3) is 0 Å². The maximum absolute atomic E-state index is 12.8. The number of ether oxygens (including phenoxy) is 2. The zero-order valence-corrected chi connectivity index (χ0v) is 18.1. The Kier molecular flexibility index (Phi) is 5.92. The van der Waals surface area contributed by atoms with Crippen molar-refractivity contribution in [1.29, 1.82) is 0 Å². The van der Waals surface area contributed by atoms with Crippen molar-refractivity contribution in [3.8, 4) is 11.5 Å². The lowest BCUT2D eigenvalue weighted by atomic mass is 10.1. The second-order valence-electron chi connectivity index (χ2n) is 8.23. The summed E-state index contributed by atoms with van der Waals surface area (Å²) in [5, 5.41) is 13.2. The molecule has 8 nitrogen and oxygen atoms in total. The highest BCUT2D eigenvalue weighted by Gasteiger charge is 2.25. The van der Waals surface area contributed by atoms with Crippen LogP contribution in [0.2, 0.25) is 0 Å². The van der Waals surface area contributed by atoms with Gasteiger partial charge in [-0.2, -0.15) is 0 Å². The van der Waals surface area contributed by atoms with Gasteiger partial charge in [-0.15, -0.1) is 0 Å². The molecule has 0 radical (unpaired) electrons. The maximum Gasteiger partial charge on any atom is 0.408 e. The number of aromatic hydroxyl groups is 1. The number of nitrogens with one attached hydrogen (secondary N) is 1. The van der Waals surface area contributed by atoms with Crippen LogP contribution in [0.5, 0.6) is 11.5 Å². The van der Waals surface area contributed by atoms with E-state index in [4.69, 9.17) is 13.9 Å². The SMILES string of the molecule is CC[C@H](NC(=O)OC(C)(C)C)C(=O)Oc1cc(O)c2c(=O)c3cccc(C)c3oc2c1. The summed E-state index contributed by atoms with van der Waals surface area (Å²) in [5.41, 5.74) is 0.137. The molecule has 0 saturated carbocycles. The minimum Gasteiger partial charge on any atom is -0.507 e. The van der Waals surface area contributed by atoms with Crippen LogP contribution in [-0.2, 0) is 9.53 Å². The van der Waals surface area contributed by atoms with E-state index in [0.29, 0.717) is 11.0 Å². The number of para-hydroxylation sites is 1. The number of fused-ring (bicyclic) bond motifs is 2. The van der Waals surface area contributed by atoms with E-state index >= 15 is 0 Å². The summed E-state index contributed by atoms with van der Waals surface area (Å²) in [5.74, 6) is -1.13. The molecule has 2 aromatic carbocycles. The first-order chi connectivity index (χ1) is 14.5. The van der Waals surface area contributed by atoms with Gasteiger partial charge in [-0.25, -0.2) is 9.59 Å². The van der Waals surface area contributed by atoms with Gasteiger partial charge in [0.05, 0.1) is 5.39 Å². The minimum absolute atomic E-state index is 0.00294. The van der Waals surface area contributed by atoms with Crippen molar-refractivity contribution >= 4 is 34.0 Å². The number of hydrogen-bond acceptors (Lipinski definition) is 7. The molecule has 3 aromatic rings. The number of alkyl carbamates (subject to hydrolysis) is 1. The Morgan fingerprint density at radius 3 is 2.58 bits per heavy atom. The third-order valence-corrected chi connectivity index (χ3v) is 4.55. The number of carbonyl (C=O) groups excluding carboxylic acids is 2. The Morgan fingerprint density at radius 2 is 1.94 bits per heavy atom. The van der Waals surface area contributed by atoms with Crippen LogP contribution < -0.4 is 15.5 Å². The van der Waals surface area contributed by atoms with Crippen LogP contribution in [0.3, 0.4) is 0 Å². The Bertz CT molecular complexity index is 1220. The molecule has 0 spiro atoms. The number of phenols is 1. The predicted octanol–water partition coefficient (Wildman–Crippen LogP) is 4.17. The number of benzene rings is 2. The molecule has 1 heterocycles. The Labute approximate surface area is 178 Å². The van der Waals surface area contributed by atoms with Gasteiger partial charge in [-0.1, -0.05) is 19.1 Å². The monoisotopic (exact) mass is 427 g/mol. The Balaban J connectivity index is 1.91. The fraction of sp³-hybridized carbons (Fsp3) is 0.348. The molecule has 2 N–H and O–H groups in total. The lowest BCUT2D eigenvalue weighted by Gasteiger charge is -2.22. The minimum atomic E-state index is -0.960. The van der Waals surface area contributed by atoms with Crippen molar-refractivity contribution < 1.29 is 28.6 Å². The molecule has 31 heavy (non-hydrogen) atoms. The van der Waals surface area contributed by atoms with Gasteiger partial charge in [0.15, 0.2) is 0 Å². The summed E-state index contributed by atoms with van der Waals surface area (Å²) in [6, 6.07) is 6.72.